The number of rotatable bonds is 10. The van der Waals surface area contributed by atoms with Gasteiger partial charge < -0.3 is 9.84 Å². The monoisotopic (exact) mass is 358 g/mol. The molecule has 0 aliphatic rings. The van der Waals surface area contributed by atoms with E-state index in [1.165, 1.54) is 5.56 Å². The normalized spacial score (nSPS) is 10.4. The number of unbranched alkanes of at least 4 members (excludes halogenated alkanes) is 2. The molecule has 122 valence electrons. The molecule has 0 heterocycles. The maximum absolute atomic E-state index is 11.4. The molecule has 0 unspecified atom stereocenters. The Labute approximate surface area is 146 Å². The van der Waals surface area contributed by atoms with E-state index in [1.54, 1.807) is 23.5 Å². The molecule has 0 aliphatic carbocycles. The van der Waals surface area contributed by atoms with Crippen LogP contribution in [0.15, 0.2) is 30.3 Å². The molecule has 22 heavy (non-hydrogen) atoms. The van der Waals surface area contributed by atoms with Crippen LogP contribution in [0.2, 0.25) is 0 Å². The SMILES string of the molecule is O=C(CCCCCO)OCCSC(=S)SCc1ccccc1. The minimum atomic E-state index is -0.165. The molecule has 3 nitrogen and oxygen atoms in total. The van der Waals surface area contributed by atoms with Crippen LogP contribution in [0.1, 0.15) is 31.2 Å². The van der Waals surface area contributed by atoms with Crippen LogP contribution in [0.4, 0.5) is 0 Å². The average molecular weight is 359 g/mol. The van der Waals surface area contributed by atoms with Gasteiger partial charge in [0.25, 0.3) is 0 Å². The lowest BCUT2D eigenvalue weighted by Gasteiger charge is -2.06. The van der Waals surface area contributed by atoms with Crippen molar-refractivity contribution >= 4 is 45.2 Å². The third-order valence-corrected chi connectivity index (χ3v) is 5.54. The molecule has 0 bridgehead atoms. The first-order chi connectivity index (χ1) is 10.7. The maximum Gasteiger partial charge on any atom is 0.305 e. The van der Waals surface area contributed by atoms with E-state index in [9.17, 15) is 4.79 Å². The van der Waals surface area contributed by atoms with Gasteiger partial charge in [-0.05, 0) is 18.4 Å². The van der Waals surface area contributed by atoms with E-state index in [0.29, 0.717) is 18.8 Å². The lowest BCUT2D eigenvalue weighted by atomic mass is 10.2. The number of hydrogen-bond donors (Lipinski definition) is 1. The number of hydrogen-bond acceptors (Lipinski definition) is 6. The summed E-state index contributed by atoms with van der Waals surface area (Å²) in [6.45, 7) is 0.583. The lowest BCUT2D eigenvalue weighted by Crippen LogP contribution is -2.07. The molecule has 1 rings (SSSR count). The molecular weight excluding hydrogens is 336 g/mol. The van der Waals surface area contributed by atoms with E-state index < -0.39 is 0 Å². The summed E-state index contributed by atoms with van der Waals surface area (Å²) in [5.74, 6) is 1.40. The molecule has 0 spiro atoms. The lowest BCUT2D eigenvalue weighted by molar-refractivity contribution is -0.143. The Morgan fingerprint density at radius 2 is 1.91 bits per heavy atom. The van der Waals surface area contributed by atoms with Crippen molar-refractivity contribution in [3.63, 3.8) is 0 Å². The van der Waals surface area contributed by atoms with Crippen molar-refractivity contribution < 1.29 is 14.6 Å². The van der Waals surface area contributed by atoms with Crippen LogP contribution >= 0.6 is 35.7 Å². The molecule has 0 saturated heterocycles. The summed E-state index contributed by atoms with van der Waals surface area (Å²) in [6.07, 6.45) is 2.81. The zero-order chi connectivity index (χ0) is 16.0. The number of carbonyl (C=O) groups is 1. The van der Waals surface area contributed by atoms with E-state index in [4.69, 9.17) is 22.1 Å². The van der Waals surface area contributed by atoms with Gasteiger partial charge in [0.15, 0.2) is 0 Å². The summed E-state index contributed by atoms with van der Waals surface area (Å²) in [6, 6.07) is 10.2. The first-order valence-corrected chi connectivity index (χ1v) is 9.70. The summed E-state index contributed by atoms with van der Waals surface area (Å²) >= 11 is 8.48. The van der Waals surface area contributed by atoms with Crippen molar-refractivity contribution in [1.29, 1.82) is 0 Å². The molecule has 6 heteroatoms. The number of benzene rings is 1. The molecule has 0 fully saturated rings. The fraction of sp³-hybridized carbons (Fsp3) is 0.500. The fourth-order valence-electron chi connectivity index (χ4n) is 1.67. The molecule has 1 aromatic carbocycles. The van der Waals surface area contributed by atoms with E-state index in [2.05, 4.69) is 12.1 Å². The fourth-order valence-corrected chi connectivity index (χ4v) is 3.67. The van der Waals surface area contributed by atoms with Crippen LogP contribution in [0.25, 0.3) is 0 Å². The van der Waals surface area contributed by atoms with Gasteiger partial charge >= 0.3 is 5.97 Å². The van der Waals surface area contributed by atoms with Crippen LogP contribution in [0, 0.1) is 0 Å². The largest absolute Gasteiger partial charge is 0.465 e. The van der Waals surface area contributed by atoms with Crippen molar-refractivity contribution in [2.24, 2.45) is 0 Å². The zero-order valence-corrected chi connectivity index (χ0v) is 15.0. The van der Waals surface area contributed by atoms with Gasteiger partial charge in [0.05, 0.1) is 0 Å². The highest BCUT2D eigenvalue weighted by molar-refractivity contribution is 8.46. The van der Waals surface area contributed by atoms with Crippen molar-refractivity contribution in [3.05, 3.63) is 35.9 Å². The second-order valence-electron chi connectivity index (χ2n) is 4.63. The van der Waals surface area contributed by atoms with E-state index in [1.807, 2.05) is 18.2 Å². The summed E-state index contributed by atoms with van der Waals surface area (Å²) in [7, 11) is 0. The number of thiocarbonyl (C=S) groups is 1. The highest BCUT2D eigenvalue weighted by Gasteiger charge is 2.04. The number of ether oxygens (including phenoxy) is 1. The summed E-state index contributed by atoms with van der Waals surface area (Å²) in [4.78, 5) is 11.4. The Bertz CT molecular complexity index is 438. The molecule has 1 N–H and O–H groups in total. The molecule has 0 atom stereocenters. The van der Waals surface area contributed by atoms with E-state index in [0.717, 1.165) is 28.5 Å². The minimum absolute atomic E-state index is 0.165. The minimum Gasteiger partial charge on any atom is -0.465 e. The Morgan fingerprint density at radius 3 is 2.64 bits per heavy atom. The van der Waals surface area contributed by atoms with Gasteiger partial charge in [0, 0.05) is 24.5 Å². The molecule has 1 aromatic rings. The predicted molar refractivity (Wildman–Crippen MR) is 99.3 cm³/mol. The predicted octanol–water partition coefficient (Wildman–Crippen LogP) is 4.03. The van der Waals surface area contributed by atoms with Crippen molar-refractivity contribution in [2.45, 2.75) is 31.4 Å². The number of aliphatic hydroxyl groups excluding tert-OH is 1. The third kappa shape index (κ3) is 10.2. The Balaban J connectivity index is 1.99. The van der Waals surface area contributed by atoms with Crippen molar-refractivity contribution in [2.75, 3.05) is 19.0 Å². The van der Waals surface area contributed by atoms with Crippen molar-refractivity contribution in [1.82, 2.24) is 0 Å². The second kappa shape index (κ2) is 12.9. The Kier molecular flexibility index (Phi) is 11.5. The van der Waals surface area contributed by atoms with Crippen LogP contribution in [-0.2, 0) is 15.3 Å². The molecule has 0 aromatic heterocycles. The van der Waals surface area contributed by atoms with Gasteiger partial charge in [0.2, 0.25) is 0 Å². The van der Waals surface area contributed by atoms with E-state index in [-0.39, 0.29) is 12.6 Å². The van der Waals surface area contributed by atoms with Gasteiger partial charge in [-0.15, -0.1) is 23.5 Å². The Morgan fingerprint density at radius 1 is 1.14 bits per heavy atom. The van der Waals surface area contributed by atoms with Gasteiger partial charge in [-0.3, -0.25) is 4.79 Å². The maximum atomic E-state index is 11.4. The topological polar surface area (TPSA) is 46.5 Å². The first kappa shape index (κ1) is 19.5. The van der Waals surface area contributed by atoms with Crippen LogP contribution < -0.4 is 0 Å². The highest BCUT2D eigenvalue weighted by Crippen LogP contribution is 2.21. The molecule has 0 amide bonds. The first-order valence-electron chi connectivity index (χ1n) is 7.32. The van der Waals surface area contributed by atoms with Crippen LogP contribution in [-0.4, -0.2) is 33.6 Å². The second-order valence-corrected chi connectivity index (χ2v) is 7.90. The quantitative estimate of drug-likeness (QED) is 0.387. The number of carbonyl (C=O) groups excluding carboxylic acids is 1. The third-order valence-electron chi connectivity index (χ3n) is 2.80. The van der Waals surface area contributed by atoms with Crippen LogP contribution in [0.5, 0.6) is 0 Å². The molecule has 0 radical (unpaired) electrons. The average Bonchev–Trinajstić information content (AvgIpc) is 2.55. The summed E-state index contributed by atoms with van der Waals surface area (Å²) < 4.78 is 6.02. The van der Waals surface area contributed by atoms with Gasteiger partial charge in [-0.25, -0.2) is 0 Å². The standard InChI is InChI=1S/C16H22O3S3/c17-10-6-2-5-9-15(18)19-11-12-21-16(20)22-13-14-7-3-1-4-8-14/h1,3-4,7-8,17H,2,5-6,9-13H2. The Hall–Kier alpha value is -0.560. The van der Waals surface area contributed by atoms with Crippen LogP contribution in [0.3, 0.4) is 0 Å². The van der Waals surface area contributed by atoms with Gasteiger partial charge in [-0.2, -0.15) is 0 Å². The number of aliphatic hydroxyl groups is 1. The van der Waals surface area contributed by atoms with Gasteiger partial charge in [-0.1, -0.05) is 49.0 Å². The smallest absolute Gasteiger partial charge is 0.305 e. The summed E-state index contributed by atoms with van der Waals surface area (Å²) in [5.41, 5.74) is 1.25. The van der Waals surface area contributed by atoms with E-state index >= 15 is 0 Å². The molecular formula is C16H22O3S3. The molecule has 0 saturated carbocycles. The highest BCUT2D eigenvalue weighted by atomic mass is 32.2. The summed E-state index contributed by atoms with van der Waals surface area (Å²) in [5, 5.41) is 8.64. The number of esters is 1. The molecule has 0 aliphatic heterocycles. The van der Waals surface area contributed by atoms with Crippen molar-refractivity contribution in [3.8, 4) is 0 Å². The number of thioether (sulfide) groups is 2. The van der Waals surface area contributed by atoms with Gasteiger partial charge in [0.1, 0.15) is 10.1 Å². The zero-order valence-electron chi connectivity index (χ0n) is 12.5.